The predicted molar refractivity (Wildman–Crippen MR) is 162 cm³/mol. The minimum atomic E-state index is 0. The maximum absolute atomic E-state index is 2.43. The van der Waals surface area contributed by atoms with E-state index in [-0.39, 0.29) is 65.7 Å². The average Bonchev–Trinajstić information content (AvgIpc) is 3.68. The minimum Gasteiger partial charge on any atom is -1.00 e. The van der Waals surface area contributed by atoms with Crippen molar-refractivity contribution in [1.29, 1.82) is 0 Å². The van der Waals surface area contributed by atoms with Gasteiger partial charge >= 0.3 is 37.5 Å². The molecule has 6 rings (SSSR count). The molecule has 0 aliphatic heterocycles. The fourth-order valence-electron chi connectivity index (χ4n) is 7.95. The molecule has 10 radical (unpaired) electrons. The summed E-state index contributed by atoms with van der Waals surface area (Å²) in [5.74, 6) is 0. The largest absolute Gasteiger partial charge is 2.00 e. The van der Waals surface area contributed by atoms with E-state index in [9.17, 15) is 0 Å². The zero-order valence-electron chi connectivity index (χ0n) is 24.0. The Hall–Kier alpha value is 2.33. The SMILES string of the molecule is [CH]1[CH][CH][C](P(C2CCCCC2)C2CCCCC2)[CH]1.[CH]1[CH][CH][C](P(C2CCCCC2)C2CCCCC2)[CH]1.[Cl-].[Fe+2].[Pd+2]. The first-order valence-electron chi connectivity index (χ1n) is 15.9. The first kappa shape index (κ1) is 37.5. The van der Waals surface area contributed by atoms with Gasteiger partial charge in [-0.15, -0.1) is 0 Å². The molecular weight excluding hydrogens is 668 g/mol. The number of hydrogen-bond acceptors (Lipinski definition) is 0. The van der Waals surface area contributed by atoms with E-state index in [4.69, 9.17) is 0 Å². The minimum absolute atomic E-state index is 0. The van der Waals surface area contributed by atoms with Crippen LogP contribution in [0.2, 0.25) is 0 Å². The van der Waals surface area contributed by atoms with Crippen LogP contribution in [0.4, 0.5) is 0 Å². The zero-order valence-corrected chi connectivity index (χ0v) is 29.2. The van der Waals surface area contributed by atoms with Crippen LogP contribution in [0.5, 0.6) is 0 Å². The van der Waals surface area contributed by atoms with Crippen LogP contribution in [0.25, 0.3) is 0 Å². The smallest absolute Gasteiger partial charge is 1.00 e. The monoisotopic (exact) mass is 719 g/mol. The van der Waals surface area contributed by atoms with Crippen LogP contribution in [0.3, 0.4) is 0 Å². The molecule has 0 nitrogen and oxygen atoms in total. The molecule has 0 heterocycles. The van der Waals surface area contributed by atoms with Gasteiger partial charge in [-0.2, -0.15) is 0 Å². The quantitative estimate of drug-likeness (QED) is 0.193. The van der Waals surface area contributed by atoms with E-state index in [1.165, 1.54) is 128 Å². The summed E-state index contributed by atoms with van der Waals surface area (Å²) in [6.45, 7) is 0. The van der Waals surface area contributed by atoms with E-state index in [0.717, 1.165) is 22.6 Å². The molecule has 0 aromatic rings. The van der Waals surface area contributed by atoms with E-state index in [2.05, 4.69) is 51.4 Å². The van der Waals surface area contributed by atoms with Crippen molar-refractivity contribution in [3.05, 3.63) is 62.7 Å². The maximum atomic E-state index is 2.43. The van der Waals surface area contributed by atoms with E-state index >= 15 is 0 Å². The number of hydrogen-bond donors (Lipinski definition) is 0. The topological polar surface area (TPSA) is 0 Å². The number of halogens is 1. The summed E-state index contributed by atoms with van der Waals surface area (Å²) < 4.78 is 0. The van der Waals surface area contributed by atoms with Gasteiger partial charge in [-0.1, -0.05) is 92.9 Å². The van der Waals surface area contributed by atoms with Gasteiger partial charge in [0.25, 0.3) is 0 Å². The fraction of sp³-hybridized carbons (Fsp3) is 0.706. The van der Waals surface area contributed by atoms with Crippen molar-refractivity contribution >= 4 is 15.8 Å². The average molecular weight is 720 g/mol. The molecule has 0 amide bonds. The zero-order chi connectivity index (χ0) is 24.4. The summed E-state index contributed by atoms with van der Waals surface area (Å²) in [6, 6.07) is 0. The van der Waals surface area contributed by atoms with Crippen LogP contribution in [0.15, 0.2) is 0 Å². The van der Waals surface area contributed by atoms with Gasteiger partial charge in [0.15, 0.2) is 0 Å². The van der Waals surface area contributed by atoms with Crippen molar-refractivity contribution in [2.45, 2.75) is 151 Å². The second kappa shape index (κ2) is 21.1. The second-order valence-corrected chi connectivity index (χ2v) is 17.9. The van der Waals surface area contributed by atoms with Gasteiger partial charge in [-0.25, -0.2) is 0 Å². The first-order chi connectivity index (χ1) is 17.9. The Morgan fingerprint density at radius 3 is 0.795 bits per heavy atom. The molecule has 6 saturated carbocycles. The summed E-state index contributed by atoms with van der Waals surface area (Å²) in [5, 5.41) is 0. The Labute approximate surface area is 277 Å². The fourth-order valence-corrected chi connectivity index (χ4v) is 15.5. The van der Waals surface area contributed by atoms with Gasteiger partial charge < -0.3 is 12.4 Å². The summed E-state index contributed by atoms with van der Waals surface area (Å²) in [4.78, 5) is 0. The van der Waals surface area contributed by atoms with Crippen LogP contribution in [-0.4, -0.2) is 22.6 Å². The molecule has 6 aliphatic rings. The molecule has 0 bridgehead atoms. The molecule has 0 atom stereocenters. The van der Waals surface area contributed by atoms with Crippen LogP contribution in [-0.2, 0) is 37.5 Å². The van der Waals surface area contributed by atoms with Crippen LogP contribution in [0.1, 0.15) is 128 Å². The van der Waals surface area contributed by atoms with Gasteiger partial charge in [0, 0.05) is 11.3 Å². The molecular formula is C34H52ClFeP2Pd+3. The second-order valence-electron chi connectivity index (χ2n) is 12.3. The summed E-state index contributed by atoms with van der Waals surface area (Å²) >= 11 is 0. The Kier molecular flexibility index (Phi) is 20.3. The first-order valence-corrected chi connectivity index (χ1v) is 18.9. The normalized spacial score (nSPS) is 26.9. The van der Waals surface area contributed by atoms with Crippen LogP contribution in [0, 0.1) is 62.7 Å². The van der Waals surface area contributed by atoms with Crippen molar-refractivity contribution in [2.24, 2.45) is 0 Å². The standard InChI is InChI=1S/2C17H26P.ClH.Fe.Pd/c2*1-3-9-15(10-4-1)18(17-13-7-8-14-17)16-11-5-2-6-12-16;;;/h2*7-8,13-16H,1-6,9-12H2;1H;;/q;;;2*+2/p-1. The summed E-state index contributed by atoms with van der Waals surface area (Å²) in [6.07, 6.45) is 48.9. The van der Waals surface area contributed by atoms with Crippen molar-refractivity contribution in [2.75, 3.05) is 0 Å². The van der Waals surface area contributed by atoms with Gasteiger partial charge in [0.2, 0.25) is 0 Å². The third kappa shape index (κ3) is 11.3. The van der Waals surface area contributed by atoms with E-state index in [1.807, 2.05) is 0 Å². The van der Waals surface area contributed by atoms with Gasteiger partial charge in [-0.05, 0) is 125 Å². The molecule has 39 heavy (non-hydrogen) atoms. The molecule has 0 aromatic heterocycles. The molecule has 220 valence electrons. The Bertz CT molecular complexity index is 500. The number of rotatable bonds is 6. The Morgan fingerprint density at radius 2 is 0.590 bits per heavy atom. The van der Waals surface area contributed by atoms with Gasteiger partial charge in [0.05, 0.1) is 0 Å². The molecule has 6 aliphatic carbocycles. The van der Waals surface area contributed by atoms with Crippen molar-refractivity contribution < 1.29 is 49.9 Å². The summed E-state index contributed by atoms with van der Waals surface area (Å²) in [7, 11) is 0.290. The Morgan fingerprint density at radius 1 is 0.385 bits per heavy atom. The molecule has 6 fully saturated rings. The molecule has 5 heteroatoms. The van der Waals surface area contributed by atoms with E-state index < -0.39 is 0 Å². The molecule has 0 spiro atoms. The molecule has 0 N–H and O–H groups in total. The van der Waals surface area contributed by atoms with Crippen molar-refractivity contribution in [3.63, 3.8) is 0 Å². The molecule has 0 aromatic carbocycles. The van der Waals surface area contributed by atoms with Crippen LogP contribution >= 0.6 is 15.8 Å². The molecule has 0 saturated heterocycles. The van der Waals surface area contributed by atoms with Crippen LogP contribution < -0.4 is 12.4 Å². The Balaban J connectivity index is 0.000000254. The van der Waals surface area contributed by atoms with E-state index in [0.29, 0.717) is 0 Å². The van der Waals surface area contributed by atoms with Crippen molar-refractivity contribution in [1.82, 2.24) is 0 Å². The van der Waals surface area contributed by atoms with Gasteiger partial charge in [0.1, 0.15) is 0 Å². The van der Waals surface area contributed by atoms with E-state index in [1.54, 1.807) is 11.3 Å². The predicted octanol–water partition coefficient (Wildman–Crippen LogP) is 7.99. The third-order valence-electron chi connectivity index (χ3n) is 9.76. The summed E-state index contributed by atoms with van der Waals surface area (Å²) in [5.41, 5.74) is 7.67. The maximum Gasteiger partial charge on any atom is 2.00 e. The van der Waals surface area contributed by atoms with Gasteiger partial charge in [-0.3, -0.25) is 0 Å². The molecule has 0 unspecified atom stereocenters. The third-order valence-corrected chi connectivity index (χ3v) is 16.8. The van der Waals surface area contributed by atoms with Crippen molar-refractivity contribution in [3.8, 4) is 0 Å².